The molecule has 0 aromatic heterocycles. The Morgan fingerprint density at radius 1 is 0.529 bits per heavy atom. The van der Waals surface area contributed by atoms with Crippen molar-refractivity contribution in [2.24, 2.45) is 0 Å². The van der Waals surface area contributed by atoms with E-state index in [1.54, 1.807) is 86.9 Å². The van der Waals surface area contributed by atoms with E-state index in [4.69, 9.17) is 0 Å². The van der Waals surface area contributed by atoms with Gasteiger partial charge in [0.2, 0.25) is 11.8 Å². The maximum atomic E-state index is 12.5. The Morgan fingerprint density at radius 3 is 1.09 bits per heavy atom. The fourth-order valence-corrected chi connectivity index (χ4v) is 3.08. The lowest BCUT2D eigenvalue weighted by Gasteiger charge is -2.15. The summed E-state index contributed by atoms with van der Waals surface area (Å²) in [6.07, 6.45) is 0. The number of rotatable bonds is 6. The van der Waals surface area contributed by atoms with Crippen molar-refractivity contribution in [3.8, 4) is 0 Å². The van der Waals surface area contributed by atoms with Gasteiger partial charge >= 0.3 is 0 Å². The third-order valence-corrected chi connectivity index (χ3v) is 5.38. The van der Waals surface area contributed by atoms with Crippen molar-refractivity contribution in [1.29, 1.82) is 0 Å². The summed E-state index contributed by atoms with van der Waals surface area (Å²) in [5.74, 6) is -0.799. The SMILES string of the molecule is CC(=O)N(C)c1ccc(NC(=O)c2ccc(C(=O)Nc3ccc(N(C)C(C)=O)cc3)cc2)cc1. The van der Waals surface area contributed by atoms with Crippen LogP contribution in [0.25, 0.3) is 0 Å². The van der Waals surface area contributed by atoms with Crippen LogP contribution in [-0.2, 0) is 9.59 Å². The molecule has 0 aliphatic heterocycles. The molecule has 0 atom stereocenters. The van der Waals surface area contributed by atoms with Crippen LogP contribution in [-0.4, -0.2) is 37.7 Å². The molecule has 0 aliphatic carbocycles. The van der Waals surface area contributed by atoms with Gasteiger partial charge < -0.3 is 20.4 Å². The summed E-state index contributed by atoms with van der Waals surface area (Å²) in [5, 5.41) is 5.59. The van der Waals surface area contributed by atoms with E-state index in [2.05, 4.69) is 10.6 Å². The number of hydrogen-bond acceptors (Lipinski definition) is 4. The fourth-order valence-electron chi connectivity index (χ4n) is 3.08. The zero-order valence-electron chi connectivity index (χ0n) is 19.5. The lowest BCUT2D eigenvalue weighted by atomic mass is 10.1. The van der Waals surface area contributed by atoms with Gasteiger partial charge in [0.1, 0.15) is 0 Å². The smallest absolute Gasteiger partial charge is 0.255 e. The van der Waals surface area contributed by atoms with Gasteiger partial charge in [-0.2, -0.15) is 0 Å². The van der Waals surface area contributed by atoms with E-state index >= 15 is 0 Å². The first-order valence-electron chi connectivity index (χ1n) is 10.6. The van der Waals surface area contributed by atoms with Crippen molar-refractivity contribution in [3.05, 3.63) is 83.9 Å². The van der Waals surface area contributed by atoms with Crippen molar-refractivity contribution in [3.63, 3.8) is 0 Å². The largest absolute Gasteiger partial charge is 0.322 e. The van der Waals surface area contributed by atoms with Crippen LogP contribution in [0, 0.1) is 0 Å². The van der Waals surface area contributed by atoms with E-state index in [1.807, 2.05) is 0 Å². The van der Waals surface area contributed by atoms with Gasteiger partial charge in [0.25, 0.3) is 11.8 Å². The number of nitrogens with zero attached hydrogens (tertiary/aromatic N) is 2. The van der Waals surface area contributed by atoms with Crippen LogP contribution in [0.3, 0.4) is 0 Å². The molecule has 0 saturated carbocycles. The normalized spacial score (nSPS) is 10.2. The Kier molecular flexibility index (Phi) is 7.43. The lowest BCUT2D eigenvalue weighted by Crippen LogP contribution is -2.22. The van der Waals surface area contributed by atoms with E-state index in [0.717, 1.165) is 11.4 Å². The van der Waals surface area contributed by atoms with Crippen LogP contribution in [0.4, 0.5) is 22.7 Å². The molecule has 0 unspecified atom stereocenters. The number of nitrogens with one attached hydrogen (secondary N) is 2. The number of anilines is 4. The second-order valence-corrected chi connectivity index (χ2v) is 7.74. The summed E-state index contributed by atoms with van der Waals surface area (Å²) < 4.78 is 0. The minimum Gasteiger partial charge on any atom is -0.322 e. The highest BCUT2D eigenvalue weighted by Crippen LogP contribution is 2.19. The Bertz CT molecular complexity index is 1110. The maximum Gasteiger partial charge on any atom is 0.255 e. The Morgan fingerprint density at radius 2 is 0.824 bits per heavy atom. The summed E-state index contributed by atoms with van der Waals surface area (Å²) >= 11 is 0. The van der Waals surface area contributed by atoms with Gasteiger partial charge in [-0.25, -0.2) is 0 Å². The van der Waals surface area contributed by atoms with E-state index in [0.29, 0.717) is 22.5 Å². The molecule has 3 aromatic rings. The van der Waals surface area contributed by atoms with E-state index in [9.17, 15) is 19.2 Å². The molecule has 0 fully saturated rings. The highest BCUT2D eigenvalue weighted by molar-refractivity contribution is 6.07. The molecule has 2 N–H and O–H groups in total. The number of hydrogen-bond donors (Lipinski definition) is 2. The predicted molar refractivity (Wildman–Crippen MR) is 133 cm³/mol. The summed E-state index contributed by atoms with van der Waals surface area (Å²) in [6.45, 7) is 2.95. The minimum atomic E-state index is -0.315. The molecule has 8 heteroatoms. The second kappa shape index (κ2) is 10.4. The number of carbonyl (C=O) groups excluding carboxylic acids is 4. The van der Waals surface area contributed by atoms with Crippen LogP contribution in [0.1, 0.15) is 34.6 Å². The van der Waals surface area contributed by atoms with Crippen molar-refractivity contribution >= 4 is 46.4 Å². The summed E-state index contributed by atoms with van der Waals surface area (Å²) in [6, 6.07) is 20.2. The molecule has 174 valence electrons. The molecular formula is C26H26N4O4. The molecule has 34 heavy (non-hydrogen) atoms. The van der Waals surface area contributed by atoms with Gasteiger partial charge in [0, 0.05) is 61.8 Å². The lowest BCUT2D eigenvalue weighted by molar-refractivity contribution is -0.117. The Balaban J connectivity index is 1.60. The minimum absolute atomic E-state index is 0.0847. The highest BCUT2D eigenvalue weighted by Gasteiger charge is 2.11. The second-order valence-electron chi connectivity index (χ2n) is 7.74. The summed E-state index contributed by atoms with van der Waals surface area (Å²) in [4.78, 5) is 51.0. The van der Waals surface area contributed by atoms with Gasteiger partial charge in [-0.05, 0) is 72.8 Å². The van der Waals surface area contributed by atoms with Gasteiger partial charge in [-0.1, -0.05) is 0 Å². The van der Waals surface area contributed by atoms with E-state index in [-0.39, 0.29) is 23.6 Å². The quantitative estimate of drug-likeness (QED) is 0.580. The molecule has 8 nitrogen and oxygen atoms in total. The third kappa shape index (κ3) is 5.86. The van der Waals surface area contributed by atoms with Crippen molar-refractivity contribution in [2.45, 2.75) is 13.8 Å². The monoisotopic (exact) mass is 458 g/mol. The van der Waals surface area contributed by atoms with Crippen molar-refractivity contribution in [1.82, 2.24) is 0 Å². The average Bonchev–Trinajstić information content (AvgIpc) is 2.84. The summed E-state index contributed by atoms with van der Waals surface area (Å²) in [7, 11) is 3.35. The zero-order valence-corrected chi connectivity index (χ0v) is 19.5. The number of benzene rings is 3. The first kappa shape index (κ1) is 24.2. The first-order chi connectivity index (χ1) is 16.2. The van der Waals surface area contributed by atoms with Gasteiger partial charge in [0.05, 0.1) is 0 Å². The van der Waals surface area contributed by atoms with E-state index < -0.39 is 0 Å². The van der Waals surface area contributed by atoms with Crippen molar-refractivity contribution in [2.75, 3.05) is 34.5 Å². The molecule has 4 amide bonds. The molecule has 0 heterocycles. The average molecular weight is 459 g/mol. The molecule has 3 aromatic carbocycles. The predicted octanol–water partition coefficient (Wildman–Crippen LogP) is 4.16. The Hall–Kier alpha value is -4.46. The molecule has 0 saturated heterocycles. The Labute approximate surface area is 198 Å². The maximum absolute atomic E-state index is 12.5. The van der Waals surface area contributed by atoms with Crippen LogP contribution >= 0.6 is 0 Å². The van der Waals surface area contributed by atoms with Gasteiger partial charge in [-0.15, -0.1) is 0 Å². The van der Waals surface area contributed by atoms with Crippen LogP contribution in [0.5, 0.6) is 0 Å². The highest BCUT2D eigenvalue weighted by atomic mass is 16.2. The van der Waals surface area contributed by atoms with Crippen LogP contribution in [0.15, 0.2) is 72.8 Å². The fraction of sp³-hybridized carbons (Fsp3) is 0.154. The first-order valence-corrected chi connectivity index (χ1v) is 10.6. The number of carbonyl (C=O) groups is 4. The van der Waals surface area contributed by atoms with Crippen molar-refractivity contribution < 1.29 is 19.2 Å². The molecule has 3 rings (SSSR count). The number of amides is 4. The molecular weight excluding hydrogens is 432 g/mol. The van der Waals surface area contributed by atoms with Gasteiger partial charge in [-0.3, -0.25) is 19.2 Å². The van der Waals surface area contributed by atoms with Crippen LogP contribution in [0.2, 0.25) is 0 Å². The molecule has 0 spiro atoms. The molecule has 0 radical (unpaired) electrons. The summed E-state index contributed by atoms with van der Waals surface area (Å²) in [5.41, 5.74) is 3.43. The van der Waals surface area contributed by atoms with E-state index in [1.165, 1.54) is 23.6 Å². The standard InChI is InChI=1S/C26H26N4O4/c1-17(31)29(3)23-13-9-21(10-14-23)27-25(33)19-5-7-20(8-6-19)26(34)28-22-11-15-24(16-12-22)30(4)18(2)32/h5-16H,1-4H3,(H,27,33)(H,28,34). The third-order valence-electron chi connectivity index (χ3n) is 5.38. The zero-order chi connectivity index (χ0) is 24.8. The molecule has 0 aliphatic rings. The molecule has 0 bridgehead atoms. The topological polar surface area (TPSA) is 98.8 Å². The van der Waals surface area contributed by atoms with Gasteiger partial charge in [0.15, 0.2) is 0 Å². The van der Waals surface area contributed by atoms with Crippen LogP contribution < -0.4 is 20.4 Å².